The van der Waals surface area contributed by atoms with Crippen LogP contribution < -0.4 is 16.6 Å². The average molecular weight is 223 g/mol. The van der Waals surface area contributed by atoms with Gasteiger partial charge in [-0.15, -0.1) is 0 Å². The zero-order chi connectivity index (χ0) is 12.3. The van der Waals surface area contributed by atoms with Gasteiger partial charge in [-0.2, -0.15) is 0 Å². The maximum atomic E-state index is 11.7. The molecule has 1 N–H and O–H groups in total. The van der Waals surface area contributed by atoms with E-state index in [1.807, 2.05) is 6.92 Å². The van der Waals surface area contributed by atoms with Crippen molar-refractivity contribution < 1.29 is 0 Å². The normalized spacial score (nSPS) is 10.4. The van der Waals surface area contributed by atoms with E-state index in [0.29, 0.717) is 18.7 Å². The molecule has 16 heavy (non-hydrogen) atoms. The lowest BCUT2D eigenvalue weighted by atomic mass is 10.3. The topological polar surface area (TPSA) is 56.0 Å². The highest BCUT2D eigenvalue weighted by molar-refractivity contribution is 5.05. The van der Waals surface area contributed by atoms with Gasteiger partial charge in [0.05, 0.1) is 0 Å². The van der Waals surface area contributed by atoms with E-state index >= 15 is 0 Å². The molecule has 1 heterocycles. The van der Waals surface area contributed by atoms with Crippen molar-refractivity contribution >= 4 is 0 Å². The standard InChI is InChI=1S/C11H17N3O2/c1-8(2)5-12-6-9-7-13(3)11(16)14(4)10(9)15/h7,12H,1,5-6H2,2-4H3. The molecule has 0 unspecified atom stereocenters. The van der Waals surface area contributed by atoms with E-state index in [9.17, 15) is 9.59 Å². The lowest BCUT2D eigenvalue weighted by Crippen LogP contribution is -2.39. The Bertz CT molecular complexity index is 511. The first kappa shape index (κ1) is 12.4. The van der Waals surface area contributed by atoms with E-state index in [1.54, 1.807) is 13.2 Å². The summed E-state index contributed by atoms with van der Waals surface area (Å²) in [6.45, 7) is 6.76. The van der Waals surface area contributed by atoms with E-state index in [2.05, 4.69) is 11.9 Å². The second-order valence-electron chi connectivity index (χ2n) is 3.97. The molecule has 0 bridgehead atoms. The first-order valence-corrected chi connectivity index (χ1v) is 5.04. The van der Waals surface area contributed by atoms with E-state index in [0.717, 1.165) is 10.1 Å². The van der Waals surface area contributed by atoms with Gasteiger partial charge in [-0.25, -0.2) is 4.79 Å². The van der Waals surface area contributed by atoms with E-state index in [-0.39, 0.29) is 11.2 Å². The van der Waals surface area contributed by atoms with Crippen LogP contribution in [0.2, 0.25) is 0 Å². The maximum absolute atomic E-state index is 11.7. The van der Waals surface area contributed by atoms with Gasteiger partial charge >= 0.3 is 5.69 Å². The molecule has 0 atom stereocenters. The highest BCUT2D eigenvalue weighted by atomic mass is 16.2. The summed E-state index contributed by atoms with van der Waals surface area (Å²) in [6.07, 6.45) is 1.57. The zero-order valence-electron chi connectivity index (χ0n) is 9.91. The minimum Gasteiger partial charge on any atom is -0.309 e. The summed E-state index contributed by atoms with van der Waals surface area (Å²) in [5, 5.41) is 3.09. The van der Waals surface area contributed by atoms with Gasteiger partial charge in [0.25, 0.3) is 5.56 Å². The van der Waals surface area contributed by atoms with Gasteiger partial charge in [-0.05, 0) is 6.92 Å². The van der Waals surface area contributed by atoms with Crippen molar-refractivity contribution in [3.8, 4) is 0 Å². The second kappa shape index (κ2) is 4.94. The van der Waals surface area contributed by atoms with Crippen LogP contribution in [0.4, 0.5) is 0 Å². The summed E-state index contributed by atoms with van der Waals surface area (Å²) in [6, 6.07) is 0. The van der Waals surface area contributed by atoms with Crippen molar-refractivity contribution in [2.24, 2.45) is 14.1 Å². The Balaban J connectivity index is 2.94. The van der Waals surface area contributed by atoms with Crippen molar-refractivity contribution in [3.63, 3.8) is 0 Å². The Morgan fingerprint density at radius 3 is 2.62 bits per heavy atom. The van der Waals surface area contributed by atoms with Crippen LogP contribution >= 0.6 is 0 Å². The molecule has 1 aromatic heterocycles. The minimum atomic E-state index is -0.311. The summed E-state index contributed by atoms with van der Waals surface area (Å²) < 4.78 is 2.51. The number of nitrogens with one attached hydrogen (secondary N) is 1. The Hall–Kier alpha value is -1.62. The van der Waals surface area contributed by atoms with E-state index in [1.165, 1.54) is 11.6 Å². The zero-order valence-corrected chi connectivity index (χ0v) is 9.91. The van der Waals surface area contributed by atoms with E-state index in [4.69, 9.17) is 0 Å². The van der Waals surface area contributed by atoms with Crippen LogP contribution in [0.1, 0.15) is 12.5 Å². The Morgan fingerprint density at radius 1 is 1.44 bits per heavy atom. The molecule has 0 radical (unpaired) electrons. The molecule has 1 aromatic rings. The van der Waals surface area contributed by atoms with Gasteiger partial charge in [-0.3, -0.25) is 9.36 Å². The number of hydrogen-bond acceptors (Lipinski definition) is 3. The molecule has 5 nitrogen and oxygen atoms in total. The number of nitrogens with zero attached hydrogens (tertiary/aromatic N) is 2. The molecule has 0 aliphatic heterocycles. The quantitative estimate of drug-likeness (QED) is 0.716. The number of aromatic nitrogens is 2. The Labute approximate surface area is 94.0 Å². The molecule has 0 spiro atoms. The third-order valence-corrected chi connectivity index (χ3v) is 2.26. The Morgan fingerprint density at radius 2 is 2.06 bits per heavy atom. The highest BCUT2D eigenvalue weighted by Gasteiger charge is 2.05. The molecule has 5 heteroatoms. The molecule has 0 saturated carbocycles. The van der Waals surface area contributed by atoms with Crippen molar-refractivity contribution in [3.05, 3.63) is 44.8 Å². The smallest absolute Gasteiger partial charge is 0.309 e. The molecule has 0 amide bonds. The van der Waals surface area contributed by atoms with Gasteiger partial charge in [0.15, 0.2) is 0 Å². The van der Waals surface area contributed by atoms with Crippen LogP contribution in [-0.2, 0) is 20.6 Å². The maximum Gasteiger partial charge on any atom is 0.330 e. The predicted octanol–water partition coefficient (Wildman–Crippen LogP) is -0.250. The fourth-order valence-corrected chi connectivity index (χ4v) is 1.41. The van der Waals surface area contributed by atoms with Crippen molar-refractivity contribution in [1.29, 1.82) is 0 Å². The minimum absolute atomic E-state index is 0.252. The summed E-state index contributed by atoms with van der Waals surface area (Å²) in [4.78, 5) is 23.1. The fraction of sp³-hybridized carbons (Fsp3) is 0.455. The third-order valence-electron chi connectivity index (χ3n) is 2.26. The first-order valence-electron chi connectivity index (χ1n) is 5.04. The number of rotatable bonds is 4. The molecule has 88 valence electrons. The Kier molecular flexibility index (Phi) is 3.84. The first-order chi connectivity index (χ1) is 7.43. The predicted molar refractivity (Wildman–Crippen MR) is 63.4 cm³/mol. The molecule has 0 aliphatic rings. The summed E-state index contributed by atoms with van der Waals surface area (Å²) in [5.74, 6) is 0. The van der Waals surface area contributed by atoms with Crippen LogP contribution in [0.5, 0.6) is 0 Å². The van der Waals surface area contributed by atoms with Crippen LogP contribution in [-0.4, -0.2) is 15.7 Å². The van der Waals surface area contributed by atoms with Crippen molar-refractivity contribution in [1.82, 2.24) is 14.5 Å². The molecule has 0 fully saturated rings. The molecule has 0 aromatic carbocycles. The van der Waals surface area contributed by atoms with Crippen molar-refractivity contribution in [2.75, 3.05) is 6.54 Å². The summed E-state index contributed by atoms with van der Waals surface area (Å²) in [7, 11) is 3.11. The third kappa shape index (κ3) is 2.70. The van der Waals surface area contributed by atoms with Gasteiger partial charge in [0.1, 0.15) is 0 Å². The van der Waals surface area contributed by atoms with Crippen LogP contribution in [0.25, 0.3) is 0 Å². The van der Waals surface area contributed by atoms with E-state index < -0.39 is 0 Å². The van der Waals surface area contributed by atoms with Gasteiger partial charge in [-0.1, -0.05) is 12.2 Å². The van der Waals surface area contributed by atoms with Crippen LogP contribution in [0.15, 0.2) is 27.9 Å². The van der Waals surface area contributed by atoms with Crippen molar-refractivity contribution in [2.45, 2.75) is 13.5 Å². The lowest BCUT2D eigenvalue weighted by Gasteiger charge is -2.07. The van der Waals surface area contributed by atoms with Gasteiger partial charge in [0.2, 0.25) is 0 Å². The van der Waals surface area contributed by atoms with Gasteiger partial charge < -0.3 is 9.88 Å². The second-order valence-corrected chi connectivity index (χ2v) is 3.97. The average Bonchev–Trinajstić information content (AvgIpc) is 2.22. The molecular weight excluding hydrogens is 206 g/mol. The SMILES string of the molecule is C=C(C)CNCc1cn(C)c(=O)n(C)c1=O. The lowest BCUT2D eigenvalue weighted by molar-refractivity contribution is 0.644. The number of aryl methyl sites for hydroxylation is 1. The largest absolute Gasteiger partial charge is 0.330 e. The van der Waals surface area contributed by atoms with Gasteiger partial charge in [0, 0.05) is 38.9 Å². The summed E-state index contributed by atoms with van der Waals surface area (Å²) >= 11 is 0. The molecule has 0 aliphatic carbocycles. The highest BCUT2D eigenvalue weighted by Crippen LogP contribution is 1.89. The fourth-order valence-electron chi connectivity index (χ4n) is 1.41. The summed E-state index contributed by atoms with van der Waals surface area (Å²) in [5.41, 5.74) is 1.01. The number of hydrogen-bond donors (Lipinski definition) is 1. The molecular formula is C11H17N3O2. The van der Waals surface area contributed by atoms with Crippen LogP contribution in [0.3, 0.4) is 0 Å². The monoisotopic (exact) mass is 223 g/mol. The molecule has 0 saturated heterocycles. The molecule has 1 rings (SSSR count). The van der Waals surface area contributed by atoms with Crippen LogP contribution in [0, 0.1) is 0 Å².